The fourth-order valence-electron chi connectivity index (χ4n) is 2.23. The van der Waals surface area contributed by atoms with Gasteiger partial charge in [0, 0.05) is 28.8 Å². The molecule has 0 aliphatic carbocycles. The first-order chi connectivity index (χ1) is 12.1. The Bertz CT molecular complexity index is 892. The maximum absolute atomic E-state index is 12.5. The lowest BCUT2D eigenvalue weighted by Gasteiger charge is -2.12. The number of thioether (sulfide) groups is 1. The Balaban J connectivity index is 2.01. The average molecular weight is 393 g/mol. The number of anilines is 2. The fourth-order valence-corrected chi connectivity index (χ4v) is 3.74. The molecule has 0 fully saturated rings. The van der Waals surface area contributed by atoms with Crippen LogP contribution in [0, 0.1) is 0 Å². The zero-order chi connectivity index (χ0) is 19.3. The van der Waals surface area contributed by atoms with E-state index in [2.05, 4.69) is 10.0 Å². The zero-order valence-electron chi connectivity index (χ0n) is 14.6. The van der Waals surface area contributed by atoms with E-state index in [4.69, 9.17) is 0 Å². The number of Topliss-reactive ketones (excluding diaryl/α,β-unsaturated/α-hetero) is 1. The predicted octanol–water partition coefficient (Wildman–Crippen LogP) is 3.38. The maximum atomic E-state index is 12.5. The monoisotopic (exact) mass is 392 g/mol. The van der Waals surface area contributed by atoms with Crippen molar-refractivity contribution in [1.82, 2.24) is 0 Å². The highest BCUT2D eigenvalue weighted by molar-refractivity contribution is 8.00. The van der Waals surface area contributed by atoms with Crippen molar-refractivity contribution in [3.05, 3.63) is 54.1 Å². The van der Waals surface area contributed by atoms with Crippen LogP contribution in [0.25, 0.3) is 0 Å². The summed E-state index contributed by atoms with van der Waals surface area (Å²) in [6.07, 6.45) is 1.07. The quantitative estimate of drug-likeness (QED) is 0.557. The van der Waals surface area contributed by atoms with E-state index in [1.807, 2.05) is 19.1 Å². The lowest BCUT2D eigenvalue weighted by Crippen LogP contribution is -2.14. The minimum absolute atomic E-state index is 0.0492. The van der Waals surface area contributed by atoms with Gasteiger partial charge in [-0.15, -0.1) is 11.8 Å². The van der Waals surface area contributed by atoms with Gasteiger partial charge in [-0.1, -0.05) is 0 Å². The number of sulfonamides is 1. The van der Waals surface area contributed by atoms with Gasteiger partial charge in [-0.25, -0.2) is 8.42 Å². The molecule has 0 spiro atoms. The van der Waals surface area contributed by atoms with Crippen LogP contribution in [0.2, 0.25) is 0 Å². The van der Waals surface area contributed by atoms with Crippen molar-refractivity contribution in [3.8, 4) is 0 Å². The largest absolute Gasteiger partial charge is 0.326 e. The number of nitrogens with one attached hydrogen (secondary N) is 2. The van der Waals surface area contributed by atoms with Crippen LogP contribution in [0.15, 0.2) is 53.4 Å². The first-order valence-corrected chi connectivity index (χ1v) is 10.6. The van der Waals surface area contributed by atoms with Gasteiger partial charge in [-0.3, -0.25) is 14.3 Å². The molecule has 2 rings (SSSR count). The Hall–Kier alpha value is -2.32. The lowest BCUT2D eigenvalue weighted by molar-refractivity contribution is -0.114. The molecule has 0 radical (unpaired) electrons. The van der Waals surface area contributed by atoms with E-state index in [0.717, 1.165) is 11.2 Å². The molecule has 0 saturated carbocycles. The third-order valence-corrected chi connectivity index (χ3v) is 5.05. The minimum atomic E-state index is -3.34. The van der Waals surface area contributed by atoms with Crippen LogP contribution >= 0.6 is 11.8 Å². The van der Waals surface area contributed by atoms with E-state index >= 15 is 0 Å². The highest BCUT2D eigenvalue weighted by Crippen LogP contribution is 2.27. The summed E-state index contributed by atoms with van der Waals surface area (Å²) in [4.78, 5) is 24.5. The Labute approximate surface area is 157 Å². The van der Waals surface area contributed by atoms with Crippen LogP contribution in [-0.4, -0.2) is 31.6 Å². The zero-order valence-corrected chi connectivity index (χ0v) is 16.3. The Morgan fingerprint density at radius 2 is 1.50 bits per heavy atom. The lowest BCUT2D eigenvalue weighted by atomic mass is 10.1. The van der Waals surface area contributed by atoms with Gasteiger partial charge >= 0.3 is 0 Å². The summed E-state index contributed by atoms with van der Waals surface area (Å²) in [6, 6.07) is 13.6. The summed E-state index contributed by atoms with van der Waals surface area (Å²) < 4.78 is 24.8. The fraction of sp³-hybridized carbons (Fsp3) is 0.222. The smallest absolute Gasteiger partial charge is 0.229 e. The summed E-state index contributed by atoms with van der Waals surface area (Å²) in [6.45, 7) is 3.26. The summed E-state index contributed by atoms with van der Waals surface area (Å²) >= 11 is 1.41. The molecule has 0 aliphatic heterocycles. The number of hydrogen-bond donors (Lipinski definition) is 2. The molecule has 138 valence electrons. The molecular formula is C18H20N2O4S2. The van der Waals surface area contributed by atoms with E-state index in [-0.39, 0.29) is 16.9 Å². The van der Waals surface area contributed by atoms with Gasteiger partial charge in [-0.05, 0) is 55.5 Å². The number of rotatable bonds is 7. The van der Waals surface area contributed by atoms with Crippen molar-refractivity contribution in [2.45, 2.75) is 24.0 Å². The number of hydrogen-bond acceptors (Lipinski definition) is 5. The molecule has 26 heavy (non-hydrogen) atoms. The maximum Gasteiger partial charge on any atom is 0.229 e. The van der Waals surface area contributed by atoms with E-state index < -0.39 is 10.0 Å². The molecule has 2 aromatic carbocycles. The molecule has 1 unspecified atom stereocenters. The third-order valence-electron chi connectivity index (χ3n) is 3.33. The van der Waals surface area contributed by atoms with Gasteiger partial charge < -0.3 is 5.32 Å². The standard InChI is InChI=1S/C18H20N2O4S2/c1-12(25-17-10-8-15(9-11-17)19-13(2)21)18(22)14-4-6-16(7-5-14)20-26(3,23)24/h4-12,20H,1-3H3,(H,19,21). The number of carbonyl (C=O) groups is 2. The van der Waals surface area contributed by atoms with Gasteiger partial charge in [0.1, 0.15) is 0 Å². The highest BCUT2D eigenvalue weighted by atomic mass is 32.2. The number of amides is 1. The van der Waals surface area contributed by atoms with Crippen molar-refractivity contribution in [2.24, 2.45) is 0 Å². The molecular weight excluding hydrogens is 372 g/mol. The molecule has 2 aromatic rings. The second-order valence-corrected chi connectivity index (χ2v) is 8.94. The van der Waals surface area contributed by atoms with Crippen molar-refractivity contribution in [2.75, 3.05) is 16.3 Å². The van der Waals surface area contributed by atoms with Crippen molar-refractivity contribution in [1.29, 1.82) is 0 Å². The Morgan fingerprint density at radius 1 is 0.962 bits per heavy atom. The van der Waals surface area contributed by atoms with E-state index in [1.165, 1.54) is 18.7 Å². The first-order valence-electron chi connectivity index (χ1n) is 7.80. The molecule has 8 heteroatoms. The van der Waals surface area contributed by atoms with E-state index in [9.17, 15) is 18.0 Å². The molecule has 0 saturated heterocycles. The van der Waals surface area contributed by atoms with Crippen molar-refractivity contribution in [3.63, 3.8) is 0 Å². The van der Waals surface area contributed by atoms with Crippen molar-refractivity contribution >= 4 is 44.9 Å². The van der Waals surface area contributed by atoms with Crippen LogP contribution in [0.4, 0.5) is 11.4 Å². The van der Waals surface area contributed by atoms with E-state index in [0.29, 0.717) is 16.9 Å². The third kappa shape index (κ3) is 6.20. The molecule has 1 atom stereocenters. The first kappa shape index (κ1) is 20.0. The van der Waals surface area contributed by atoms with E-state index in [1.54, 1.807) is 36.4 Å². The minimum Gasteiger partial charge on any atom is -0.326 e. The second kappa shape index (κ2) is 8.37. The molecule has 0 bridgehead atoms. The summed E-state index contributed by atoms with van der Waals surface area (Å²) in [5.41, 5.74) is 1.63. The molecule has 6 nitrogen and oxygen atoms in total. The van der Waals surface area contributed by atoms with Crippen LogP contribution in [-0.2, 0) is 14.8 Å². The number of carbonyl (C=O) groups excluding carboxylic acids is 2. The molecule has 1 amide bonds. The van der Waals surface area contributed by atoms with Gasteiger partial charge in [0.05, 0.1) is 11.5 Å². The van der Waals surface area contributed by atoms with Crippen molar-refractivity contribution < 1.29 is 18.0 Å². The van der Waals surface area contributed by atoms with Gasteiger partial charge in [0.25, 0.3) is 0 Å². The molecule has 0 aromatic heterocycles. The van der Waals surface area contributed by atoms with Crippen LogP contribution in [0.5, 0.6) is 0 Å². The summed E-state index contributed by atoms with van der Waals surface area (Å²) in [7, 11) is -3.34. The number of ketones is 1. The molecule has 0 aliphatic rings. The summed E-state index contributed by atoms with van der Waals surface area (Å²) in [5.74, 6) is -0.186. The topological polar surface area (TPSA) is 92.3 Å². The average Bonchev–Trinajstić information content (AvgIpc) is 2.55. The molecule has 0 heterocycles. The van der Waals surface area contributed by atoms with Crippen LogP contribution in [0.1, 0.15) is 24.2 Å². The van der Waals surface area contributed by atoms with Crippen LogP contribution < -0.4 is 10.0 Å². The van der Waals surface area contributed by atoms with Gasteiger partial charge in [0.15, 0.2) is 5.78 Å². The Kier molecular flexibility index (Phi) is 6.44. The SMILES string of the molecule is CC(=O)Nc1ccc(SC(C)C(=O)c2ccc(NS(C)(=O)=O)cc2)cc1. The van der Waals surface area contributed by atoms with Gasteiger partial charge in [0.2, 0.25) is 15.9 Å². The second-order valence-electron chi connectivity index (χ2n) is 5.78. The Morgan fingerprint density at radius 3 is 2.00 bits per heavy atom. The van der Waals surface area contributed by atoms with Gasteiger partial charge in [-0.2, -0.15) is 0 Å². The number of benzene rings is 2. The normalized spacial score (nSPS) is 12.3. The van der Waals surface area contributed by atoms with Crippen LogP contribution in [0.3, 0.4) is 0 Å². The molecule has 2 N–H and O–H groups in total. The summed E-state index contributed by atoms with van der Waals surface area (Å²) in [5, 5.41) is 2.38. The highest BCUT2D eigenvalue weighted by Gasteiger charge is 2.16. The predicted molar refractivity (Wildman–Crippen MR) is 105 cm³/mol.